The van der Waals surface area contributed by atoms with Gasteiger partial charge in [0.2, 0.25) is 17.8 Å². The topological polar surface area (TPSA) is 214 Å². The van der Waals surface area contributed by atoms with Crippen LogP contribution >= 0.6 is 0 Å². The zero-order valence-corrected chi connectivity index (χ0v) is 40.1. The average molecular weight is 950 g/mol. The van der Waals surface area contributed by atoms with Crippen LogP contribution in [0.25, 0.3) is 22.2 Å². The van der Waals surface area contributed by atoms with Crippen LogP contribution in [-0.4, -0.2) is 157 Å². The predicted octanol–water partition coefficient (Wildman–Crippen LogP) is 3.90. The number of piperidine rings is 3. The van der Waals surface area contributed by atoms with Gasteiger partial charge >= 0.3 is 0 Å². The smallest absolute Gasteiger partial charge is 0.262 e. The maximum Gasteiger partial charge on any atom is 0.262 e. The summed E-state index contributed by atoms with van der Waals surface area (Å²) in [7, 11) is 1.85. The number of carbonyl (C=O) groups excluding carboxylic acids is 5. The van der Waals surface area contributed by atoms with Gasteiger partial charge < -0.3 is 24.9 Å². The monoisotopic (exact) mass is 949 g/mol. The minimum absolute atomic E-state index is 0.0992. The summed E-state index contributed by atoms with van der Waals surface area (Å²) in [6.07, 6.45) is 6.61. The number of aromatic nitrogens is 7. The fourth-order valence-electron chi connectivity index (χ4n) is 11.6. The fraction of sp³-hybridized carbons (Fsp3) is 0.480. The highest BCUT2D eigenvalue weighted by atomic mass is 16.2. The van der Waals surface area contributed by atoms with Crippen molar-refractivity contribution in [2.24, 2.45) is 11.8 Å². The number of fused-ring (bicyclic) bond motifs is 3. The molecule has 364 valence electrons. The lowest BCUT2D eigenvalue weighted by Crippen LogP contribution is -2.58. The van der Waals surface area contributed by atoms with Crippen molar-refractivity contribution < 1.29 is 24.0 Å². The van der Waals surface area contributed by atoms with Crippen molar-refractivity contribution in [3.05, 3.63) is 77.1 Å². The van der Waals surface area contributed by atoms with Crippen molar-refractivity contribution >= 4 is 63.6 Å². The van der Waals surface area contributed by atoms with Crippen LogP contribution in [0.5, 0.6) is 0 Å². The number of rotatable bonds is 10. The number of allylic oxidation sites excluding steroid dienone is 1. The number of pyridine rings is 1. The van der Waals surface area contributed by atoms with Gasteiger partial charge in [0.15, 0.2) is 0 Å². The zero-order chi connectivity index (χ0) is 48.4. The normalized spacial score (nSPS) is 23.1. The number of benzene rings is 2. The number of tetrazole rings is 1. The van der Waals surface area contributed by atoms with E-state index in [1.807, 2.05) is 55.4 Å². The number of amides is 5. The minimum Gasteiger partial charge on any atom is -0.371 e. The lowest BCUT2D eigenvalue weighted by Gasteiger charge is -2.47. The molecule has 20 nitrogen and oxygen atoms in total. The summed E-state index contributed by atoms with van der Waals surface area (Å²) in [6, 6.07) is 15.1. The molecule has 6 aliphatic heterocycles. The number of anilines is 4. The van der Waals surface area contributed by atoms with Crippen LogP contribution in [0, 0.1) is 11.8 Å². The summed E-state index contributed by atoms with van der Waals surface area (Å²) in [5.74, 6) is 0.655. The first kappa shape index (κ1) is 45.4. The average Bonchev–Trinajstić information content (AvgIpc) is 4.08. The maximum atomic E-state index is 13.5. The number of imide groups is 2. The third-order valence-electron chi connectivity index (χ3n) is 15.7. The van der Waals surface area contributed by atoms with Crippen molar-refractivity contribution in [1.29, 1.82) is 0 Å². The fourth-order valence-corrected chi connectivity index (χ4v) is 11.6. The van der Waals surface area contributed by atoms with Gasteiger partial charge in [0.1, 0.15) is 17.6 Å². The number of aromatic amines is 1. The van der Waals surface area contributed by atoms with Crippen molar-refractivity contribution in [2.75, 3.05) is 79.4 Å². The summed E-state index contributed by atoms with van der Waals surface area (Å²) in [6.45, 7) is 14.8. The minimum atomic E-state index is -0.965. The molecule has 6 aliphatic rings. The molecule has 70 heavy (non-hydrogen) atoms. The summed E-state index contributed by atoms with van der Waals surface area (Å²) in [4.78, 5) is 82.1. The molecule has 5 amide bonds. The third-order valence-corrected chi connectivity index (χ3v) is 15.7. The van der Waals surface area contributed by atoms with Crippen LogP contribution in [0.3, 0.4) is 0 Å². The highest BCUT2D eigenvalue weighted by Gasteiger charge is 2.45. The van der Waals surface area contributed by atoms with Crippen molar-refractivity contribution in [1.82, 2.24) is 55.4 Å². The van der Waals surface area contributed by atoms with Crippen LogP contribution < -0.4 is 25.3 Å². The molecule has 0 aliphatic carbocycles. The van der Waals surface area contributed by atoms with Crippen LogP contribution in [0.15, 0.2) is 66.0 Å². The van der Waals surface area contributed by atoms with Crippen molar-refractivity contribution in [2.45, 2.75) is 84.0 Å². The molecule has 3 N–H and O–H groups in total. The van der Waals surface area contributed by atoms with E-state index in [9.17, 15) is 24.0 Å². The quantitative estimate of drug-likeness (QED) is 0.169. The van der Waals surface area contributed by atoms with Gasteiger partial charge in [-0.1, -0.05) is 5.10 Å². The van der Waals surface area contributed by atoms with Crippen LogP contribution in [0.1, 0.15) is 80.0 Å². The Bertz CT molecular complexity index is 2920. The third kappa shape index (κ3) is 8.45. The van der Waals surface area contributed by atoms with Gasteiger partial charge in [-0.05, 0) is 137 Å². The Morgan fingerprint density at radius 3 is 2.34 bits per heavy atom. The molecule has 4 saturated heterocycles. The SMILES string of the molecule is CC1=C(C(=O)Nc2ccc3[nH]nc(-c4ccnc(N5C[C@@H](C)N(CC6CCN(CC7CCN(c8ccc9c(c8)C(=O)N(C8CCC(=O)NC8=O)C9=O)CC7)CC6)[C@@H](C)C5)c4)c3c2)Cn2nnnc2N1C. The molecule has 1 unspecified atom stereocenters. The van der Waals surface area contributed by atoms with E-state index in [0.717, 1.165) is 109 Å². The van der Waals surface area contributed by atoms with Crippen LogP contribution in [0.4, 0.5) is 23.1 Å². The molecule has 3 aromatic heterocycles. The Balaban J connectivity index is 0.652. The Labute approximate surface area is 405 Å². The second kappa shape index (κ2) is 18.4. The van der Waals surface area contributed by atoms with E-state index in [4.69, 9.17) is 10.1 Å². The van der Waals surface area contributed by atoms with Gasteiger partial charge in [-0.25, -0.2) is 9.67 Å². The first-order valence-corrected chi connectivity index (χ1v) is 24.7. The first-order chi connectivity index (χ1) is 33.9. The Hall–Kier alpha value is -7.06. The molecule has 5 aromatic rings. The standard InChI is InChI=1S/C50H59N15O5/c1-29-24-62(43-21-34(11-16-51-43)45-39-22-35(5-8-41(39)54-55-45)52-46(67)40-28-64-50(56-57-58-64)59(4)31(40)3)25-30(2)63(29)27-33-12-17-60(18-13-33)26-32-14-19-61(20-15-32)36-6-7-37-38(23-36)49(70)65(48(37)69)42-9-10-44(66)53-47(42)68/h5-8,11,16,21-23,29-30,32-33,42H,9-10,12-15,17-20,24-28H2,1-4H3,(H,52,67)(H,54,55)(H,53,66,68)/t29-,30+,42?. The van der Waals surface area contributed by atoms with Gasteiger partial charge in [-0.3, -0.25) is 44.2 Å². The molecule has 9 heterocycles. The van der Waals surface area contributed by atoms with Crippen LogP contribution in [0.2, 0.25) is 0 Å². The van der Waals surface area contributed by atoms with Crippen molar-refractivity contribution in [3.63, 3.8) is 0 Å². The van der Waals surface area contributed by atoms with E-state index in [1.54, 1.807) is 16.8 Å². The number of nitrogens with zero attached hydrogens (tertiary/aromatic N) is 12. The summed E-state index contributed by atoms with van der Waals surface area (Å²) in [5.41, 5.74) is 6.24. The highest BCUT2D eigenvalue weighted by Crippen LogP contribution is 2.35. The number of likely N-dealkylation sites (tertiary alicyclic amines) is 1. The molecule has 0 saturated carbocycles. The number of hydrogen-bond acceptors (Lipinski definition) is 15. The Kier molecular flexibility index (Phi) is 11.9. The lowest BCUT2D eigenvalue weighted by molar-refractivity contribution is -0.136. The number of piperazine rings is 1. The molecule has 11 rings (SSSR count). The van der Waals surface area contributed by atoms with Crippen LogP contribution in [-0.2, 0) is 20.9 Å². The second-order valence-corrected chi connectivity index (χ2v) is 20.1. The zero-order valence-electron chi connectivity index (χ0n) is 40.1. The molecule has 0 spiro atoms. The van der Waals surface area contributed by atoms with E-state index in [-0.39, 0.29) is 31.2 Å². The van der Waals surface area contributed by atoms with E-state index in [2.05, 4.69) is 70.8 Å². The summed E-state index contributed by atoms with van der Waals surface area (Å²) >= 11 is 0. The van der Waals surface area contributed by atoms with E-state index in [0.29, 0.717) is 52.3 Å². The predicted molar refractivity (Wildman–Crippen MR) is 262 cm³/mol. The number of nitrogens with one attached hydrogen (secondary N) is 3. The molecule has 20 heteroatoms. The lowest BCUT2D eigenvalue weighted by atomic mass is 9.91. The van der Waals surface area contributed by atoms with Gasteiger partial charge in [0.05, 0.1) is 28.8 Å². The van der Waals surface area contributed by atoms with Gasteiger partial charge in [0.25, 0.3) is 17.7 Å². The first-order valence-electron chi connectivity index (χ1n) is 24.7. The van der Waals surface area contributed by atoms with Gasteiger partial charge in [-0.2, -0.15) is 5.10 Å². The van der Waals surface area contributed by atoms with E-state index < -0.39 is 23.8 Å². The number of carbonyl (C=O) groups is 5. The second-order valence-electron chi connectivity index (χ2n) is 20.1. The number of hydrogen-bond donors (Lipinski definition) is 3. The number of H-pyrrole nitrogens is 1. The Morgan fingerprint density at radius 1 is 0.829 bits per heavy atom. The molecule has 2 aromatic carbocycles. The van der Waals surface area contributed by atoms with E-state index in [1.165, 1.54) is 12.8 Å². The largest absolute Gasteiger partial charge is 0.371 e. The molecular weight excluding hydrogens is 891 g/mol. The van der Waals surface area contributed by atoms with E-state index >= 15 is 0 Å². The summed E-state index contributed by atoms with van der Waals surface area (Å²) < 4.78 is 1.61. The van der Waals surface area contributed by atoms with Gasteiger partial charge in [0, 0.05) is 99.0 Å². The van der Waals surface area contributed by atoms with Gasteiger partial charge in [-0.15, -0.1) is 0 Å². The van der Waals surface area contributed by atoms with Crippen molar-refractivity contribution in [3.8, 4) is 11.3 Å². The summed E-state index contributed by atoms with van der Waals surface area (Å²) in [5, 5.41) is 26.0. The molecule has 0 bridgehead atoms. The maximum absolute atomic E-state index is 13.5. The Morgan fingerprint density at radius 2 is 1.57 bits per heavy atom. The molecule has 3 atom stereocenters. The highest BCUT2D eigenvalue weighted by molar-refractivity contribution is 6.23. The molecular formula is C50H59N15O5. The molecule has 0 radical (unpaired) electrons. The molecule has 4 fully saturated rings.